The smallest absolute Gasteiger partial charge is 0.408 e. The Labute approximate surface area is 122 Å². The quantitative estimate of drug-likeness (QED) is 0.933. The minimum absolute atomic E-state index is 0.0107. The number of rotatable bonds is 3. The average Bonchev–Trinajstić information content (AvgIpc) is 2.93. The second-order valence-corrected chi connectivity index (χ2v) is 7.51. The van der Waals surface area contributed by atoms with E-state index in [0.29, 0.717) is 11.4 Å². The lowest BCUT2D eigenvalue weighted by Gasteiger charge is -2.12. The molecule has 0 radical (unpaired) electrons. The number of benzene rings is 1. The van der Waals surface area contributed by atoms with E-state index in [4.69, 9.17) is 4.42 Å². The number of aromatic nitrogens is 1. The van der Waals surface area contributed by atoms with Crippen molar-refractivity contribution in [3.05, 3.63) is 28.7 Å². The van der Waals surface area contributed by atoms with E-state index in [1.54, 1.807) is 13.1 Å². The van der Waals surface area contributed by atoms with Gasteiger partial charge < -0.3 is 4.42 Å². The molecule has 1 saturated carbocycles. The molecule has 6 nitrogen and oxygen atoms in total. The summed E-state index contributed by atoms with van der Waals surface area (Å²) in [7, 11) is -2.00. The van der Waals surface area contributed by atoms with E-state index >= 15 is 0 Å². The molecule has 1 heterocycles. The van der Waals surface area contributed by atoms with Crippen molar-refractivity contribution in [3.63, 3.8) is 0 Å². The molecule has 3 rings (SSSR count). The Hall–Kier alpha value is -1.60. The van der Waals surface area contributed by atoms with Crippen molar-refractivity contribution in [1.29, 1.82) is 0 Å². The predicted octanol–water partition coefficient (Wildman–Crippen LogP) is 1.60. The number of hydrogen-bond acceptors (Lipinski definition) is 4. The van der Waals surface area contributed by atoms with E-state index in [-0.39, 0.29) is 16.5 Å². The van der Waals surface area contributed by atoms with Gasteiger partial charge in [-0.15, -0.1) is 0 Å². The maximum atomic E-state index is 12.4. The molecule has 21 heavy (non-hydrogen) atoms. The van der Waals surface area contributed by atoms with Crippen molar-refractivity contribution in [3.8, 4) is 0 Å². The van der Waals surface area contributed by atoms with Crippen LogP contribution in [0.2, 0.25) is 0 Å². The van der Waals surface area contributed by atoms with Crippen molar-refractivity contribution in [2.45, 2.75) is 37.1 Å². The van der Waals surface area contributed by atoms with Crippen molar-refractivity contribution in [2.24, 2.45) is 13.0 Å². The van der Waals surface area contributed by atoms with Crippen LogP contribution in [0.1, 0.15) is 26.2 Å². The van der Waals surface area contributed by atoms with Crippen LogP contribution in [0.3, 0.4) is 0 Å². The van der Waals surface area contributed by atoms with E-state index in [2.05, 4.69) is 11.6 Å². The molecule has 1 aliphatic carbocycles. The highest BCUT2D eigenvalue weighted by Crippen LogP contribution is 2.26. The summed E-state index contributed by atoms with van der Waals surface area (Å²) >= 11 is 0. The van der Waals surface area contributed by atoms with Crippen LogP contribution in [0, 0.1) is 5.92 Å². The molecule has 1 N–H and O–H groups in total. The molecule has 0 aliphatic heterocycles. The average molecular weight is 310 g/mol. The van der Waals surface area contributed by atoms with Crippen LogP contribution in [0.4, 0.5) is 0 Å². The first kappa shape index (κ1) is 14.3. The van der Waals surface area contributed by atoms with E-state index < -0.39 is 15.8 Å². The van der Waals surface area contributed by atoms with E-state index in [1.165, 1.54) is 16.7 Å². The molecular weight excluding hydrogens is 292 g/mol. The van der Waals surface area contributed by atoms with Crippen LogP contribution in [-0.4, -0.2) is 19.0 Å². The van der Waals surface area contributed by atoms with Gasteiger partial charge in [0.15, 0.2) is 5.58 Å². The Morgan fingerprint density at radius 3 is 2.76 bits per heavy atom. The van der Waals surface area contributed by atoms with Gasteiger partial charge in [-0.1, -0.05) is 6.92 Å². The summed E-state index contributed by atoms with van der Waals surface area (Å²) < 4.78 is 33.9. The van der Waals surface area contributed by atoms with Gasteiger partial charge in [0, 0.05) is 19.2 Å². The summed E-state index contributed by atoms with van der Waals surface area (Å²) in [6, 6.07) is 4.48. The van der Waals surface area contributed by atoms with Crippen LogP contribution < -0.4 is 10.5 Å². The van der Waals surface area contributed by atoms with E-state index in [1.807, 2.05) is 0 Å². The molecule has 114 valence electrons. The highest BCUT2D eigenvalue weighted by atomic mass is 32.2. The zero-order valence-electron chi connectivity index (χ0n) is 12.0. The maximum Gasteiger partial charge on any atom is 0.419 e. The van der Waals surface area contributed by atoms with Crippen LogP contribution in [0.5, 0.6) is 0 Å². The molecule has 2 atom stereocenters. The summed E-state index contributed by atoms with van der Waals surface area (Å²) in [4.78, 5) is 11.6. The zero-order valence-corrected chi connectivity index (χ0v) is 12.8. The van der Waals surface area contributed by atoms with Crippen molar-refractivity contribution < 1.29 is 12.8 Å². The van der Waals surface area contributed by atoms with Gasteiger partial charge >= 0.3 is 5.76 Å². The molecule has 0 bridgehead atoms. The molecule has 7 heteroatoms. The number of nitrogens with one attached hydrogen (secondary N) is 1. The lowest BCUT2D eigenvalue weighted by molar-refractivity contribution is 0.526. The minimum atomic E-state index is -3.58. The number of hydrogen-bond donors (Lipinski definition) is 1. The summed E-state index contributed by atoms with van der Waals surface area (Å²) in [5, 5.41) is 0. The summed E-state index contributed by atoms with van der Waals surface area (Å²) in [6.07, 6.45) is 2.77. The third-order valence-corrected chi connectivity index (χ3v) is 5.61. The summed E-state index contributed by atoms with van der Waals surface area (Å²) in [5.74, 6) is 0.0458. The normalized spacial score (nSPS) is 23.0. The maximum absolute atomic E-state index is 12.4. The summed E-state index contributed by atoms with van der Waals surface area (Å²) in [6.45, 7) is 2.12. The molecular formula is C14H18N2O4S. The second-order valence-electron chi connectivity index (χ2n) is 5.79. The number of oxazole rings is 1. The Balaban J connectivity index is 1.93. The van der Waals surface area contributed by atoms with Crippen molar-refractivity contribution >= 4 is 21.1 Å². The predicted molar refractivity (Wildman–Crippen MR) is 78.6 cm³/mol. The Kier molecular flexibility index (Phi) is 3.41. The van der Waals surface area contributed by atoms with Crippen LogP contribution in [-0.2, 0) is 17.1 Å². The Morgan fingerprint density at radius 2 is 2.10 bits per heavy atom. The topological polar surface area (TPSA) is 81.3 Å². The number of aryl methyl sites for hydroxylation is 1. The van der Waals surface area contributed by atoms with E-state index in [9.17, 15) is 13.2 Å². The lowest BCUT2D eigenvalue weighted by Crippen LogP contribution is -2.32. The molecule has 0 saturated heterocycles. The Morgan fingerprint density at radius 1 is 1.33 bits per heavy atom. The van der Waals surface area contributed by atoms with Crippen molar-refractivity contribution in [1.82, 2.24) is 9.29 Å². The molecule has 1 aromatic carbocycles. The monoisotopic (exact) mass is 310 g/mol. The standard InChI is InChI=1S/C14H18N2O4S/c1-9-3-4-10(7-9)15-21(18,19)11-5-6-12-13(8-11)20-14(17)16(12)2/h5-6,8-10,15H,3-4,7H2,1-2H3. The van der Waals surface area contributed by atoms with Crippen molar-refractivity contribution in [2.75, 3.05) is 0 Å². The molecule has 2 unspecified atom stereocenters. The fraction of sp³-hybridized carbons (Fsp3) is 0.500. The van der Waals surface area contributed by atoms with Gasteiger partial charge in [0.2, 0.25) is 10.0 Å². The SMILES string of the molecule is CC1CCC(NS(=O)(=O)c2ccc3c(c2)oc(=O)n3C)C1. The largest absolute Gasteiger partial charge is 0.419 e. The van der Waals surface area contributed by atoms with E-state index in [0.717, 1.165) is 19.3 Å². The van der Waals surface area contributed by atoms with Gasteiger partial charge in [-0.3, -0.25) is 4.57 Å². The van der Waals surface area contributed by atoms with Crippen LogP contribution in [0.25, 0.3) is 11.1 Å². The van der Waals surface area contributed by atoms with Gasteiger partial charge in [0.1, 0.15) is 0 Å². The van der Waals surface area contributed by atoms with Gasteiger partial charge in [0.05, 0.1) is 10.4 Å². The minimum Gasteiger partial charge on any atom is -0.408 e. The van der Waals surface area contributed by atoms with Crippen LogP contribution >= 0.6 is 0 Å². The first-order valence-corrected chi connectivity index (χ1v) is 8.47. The highest BCUT2D eigenvalue weighted by molar-refractivity contribution is 7.89. The molecule has 1 aromatic heterocycles. The van der Waals surface area contributed by atoms with Gasteiger partial charge in [-0.05, 0) is 37.3 Å². The third kappa shape index (κ3) is 2.63. The number of fused-ring (bicyclic) bond motifs is 1. The zero-order chi connectivity index (χ0) is 15.2. The molecule has 2 aromatic rings. The lowest BCUT2D eigenvalue weighted by atomic mass is 10.1. The molecule has 1 aliphatic rings. The molecule has 0 amide bonds. The van der Waals surface area contributed by atoms with Gasteiger partial charge in [0.25, 0.3) is 0 Å². The Bertz CT molecular complexity index is 834. The van der Waals surface area contributed by atoms with Gasteiger partial charge in [-0.25, -0.2) is 17.9 Å². The number of sulfonamides is 1. The molecule has 1 fully saturated rings. The second kappa shape index (κ2) is 4.99. The fourth-order valence-electron chi connectivity index (χ4n) is 2.88. The number of nitrogens with zero attached hydrogens (tertiary/aromatic N) is 1. The first-order valence-electron chi connectivity index (χ1n) is 6.99. The first-order chi connectivity index (χ1) is 9.87. The third-order valence-electron chi connectivity index (χ3n) is 4.09. The highest BCUT2D eigenvalue weighted by Gasteiger charge is 2.26. The van der Waals surface area contributed by atoms with Gasteiger partial charge in [-0.2, -0.15) is 0 Å². The molecule has 0 spiro atoms. The fourth-order valence-corrected chi connectivity index (χ4v) is 4.18. The summed E-state index contributed by atoms with van der Waals surface area (Å²) in [5.41, 5.74) is 0.860. The van der Waals surface area contributed by atoms with Crippen LogP contribution in [0.15, 0.2) is 32.3 Å².